The Hall–Kier alpha value is -1.60. The van der Waals surface area contributed by atoms with E-state index in [1.54, 1.807) is 40.9 Å². The lowest BCUT2D eigenvalue weighted by molar-refractivity contribution is 0.0407. The van der Waals surface area contributed by atoms with Gasteiger partial charge in [0.2, 0.25) is 0 Å². The number of aliphatic hydroxyl groups is 1. The molecule has 0 aliphatic heterocycles. The van der Waals surface area contributed by atoms with Crippen molar-refractivity contribution in [2.45, 2.75) is 61.5 Å². The molecule has 1 amide bonds. The third-order valence-electron chi connectivity index (χ3n) is 4.48. The van der Waals surface area contributed by atoms with Gasteiger partial charge in [-0.25, -0.2) is 4.79 Å². The maximum absolute atomic E-state index is 12.1. The molecule has 0 radical (unpaired) electrons. The Morgan fingerprint density at radius 2 is 1.84 bits per heavy atom. The van der Waals surface area contributed by atoms with Crippen molar-refractivity contribution in [2.75, 3.05) is 13.7 Å². The first-order valence-corrected chi connectivity index (χ1v) is 11.4. The van der Waals surface area contributed by atoms with Crippen molar-refractivity contribution in [3.63, 3.8) is 0 Å². The molecule has 5 nitrogen and oxygen atoms in total. The highest BCUT2D eigenvalue weighted by Gasteiger charge is 2.28. The van der Waals surface area contributed by atoms with Crippen LogP contribution < -0.4 is 10.1 Å². The number of carbonyl (C=O) groups is 1. The van der Waals surface area contributed by atoms with Crippen molar-refractivity contribution in [2.24, 2.45) is 0 Å². The van der Waals surface area contributed by atoms with Crippen LogP contribution in [-0.2, 0) is 11.2 Å². The summed E-state index contributed by atoms with van der Waals surface area (Å²) in [6.07, 6.45) is 0.520. The summed E-state index contributed by atoms with van der Waals surface area (Å²) in [6, 6.07) is 11.3. The average molecular weight is 486 g/mol. The molecule has 1 unspecified atom stereocenters. The number of hydrogen-bond donors (Lipinski definition) is 2. The van der Waals surface area contributed by atoms with Crippen molar-refractivity contribution in [3.8, 4) is 5.75 Å². The first-order valence-electron chi connectivity index (χ1n) is 9.86. The number of halogens is 2. The van der Waals surface area contributed by atoms with Crippen LogP contribution in [0, 0.1) is 0 Å². The van der Waals surface area contributed by atoms with Gasteiger partial charge in [0.1, 0.15) is 11.4 Å². The molecule has 8 heteroatoms. The van der Waals surface area contributed by atoms with E-state index in [1.165, 1.54) is 11.8 Å². The van der Waals surface area contributed by atoms with Gasteiger partial charge in [0.25, 0.3) is 0 Å². The van der Waals surface area contributed by atoms with Crippen LogP contribution in [0.25, 0.3) is 0 Å². The molecule has 0 saturated carbocycles. The van der Waals surface area contributed by atoms with Gasteiger partial charge in [-0.2, -0.15) is 0 Å². The largest absolute Gasteiger partial charge is 0.496 e. The van der Waals surface area contributed by atoms with E-state index in [-0.39, 0.29) is 6.61 Å². The van der Waals surface area contributed by atoms with Gasteiger partial charge >= 0.3 is 6.09 Å². The highest BCUT2D eigenvalue weighted by Crippen LogP contribution is 2.38. The number of carbonyl (C=O) groups excluding carboxylic acids is 1. The van der Waals surface area contributed by atoms with Crippen molar-refractivity contribution in [1.29, 1.82) is 0 Å². The Labute approximate surface area is 198 Å². The fourth-order valence-corrected chi connectivity index (χ4v) is 4.37. The molecule has 0 bridgehead atoms. The van der Waals surface area contributed by atoms with Crippen LogP contribution in [-0.4, -0.2) is 36.1 Å². The number of benzene rings is 2. The highest BCUT2D eigenvalue weighted by molar-refractivity contribution is 7.99. The quantitative estimate of drug-likeness (QED) is 0.454. The van der Waals surface area contributed by atoms with Crippen molar-refractivity contribution < 1.29 is 19.4 Å². The SMILES string of the molecule is COc1ccc(Cl)cc1Sc1ccc(CCC(C)(CO)NC(=O)OC(C)(C)C)c(Cl)c1. The summed E-state index contributed by atoms with van der Waals surface area (Å²) in [4.78, 5) is 14.0. The summed E-state index contributed by atoms with van der Waals surface area (Å²) < 4.78 is 10.7. The van der Waals surface area contributed by atoms with Gasteiger partial charge in [-0.1, -0.05) is 41.0 Å². The lowest BCUT2D eigenvalue weighted by atomic mass is 9.94. The predicted molar refractivity (Wildman–Crippen MR) is 127 cm³/mol. The van der Waals surface area contributed by atoms with Crippen molar-refractivity contribution in [3.05, 3.63) is 52.0 Å². The Morgan fingerprint density at radius 1 is 1.13 bits per heavy atom. The van der Waals surface area contributed by atoms with Gasteiger partial charge in [0.05, 0.1) is 24.2 Å². The molecule has 0 aromatic heterocycles. The van der Waals surface area contributed by atoms with Crippen LogP contribution in [0.1, 0.15) is 39.7 Å². The second-order valence-corrected chi connectivity index (χ2v) is 10.5. The molecule has 170 valence electrons. The molecular weight excluding hydrogens is 457 g/mol. The van der Waals surface area contributed by atoms with Crippen LogP contribution in [0.2, 0.25) is 10.0 Å². The normalized spacial score (nSPS) is 13.4. The van der Waals surface area contributed by atoms with E-state index >= 15 is 0 Å². The van der Waals surface area contributed by atoms with E-state index < -0.39 is 17.2 Å². The predicted octanol–water partition coefficient (Wildman–Crippen LogP) is 6.36. The summed E-state index contributed by atoms with van der Waals surface area (Å²) in [5.41, 5.74) is -0.509. The van der Waals surface area contributed by atoms with E-state index in [4.69, 9.17) is 32.7 Å². The fraction of sp³-hybridized carbons (Fsp3) is 0.435. The van der Waals surface area contributed by atoms with Gasteiger partial charge in [-0.05, 0) is 76.4 Å². The summed E-state index contributed by atoms with van der Waals surface area (Å²) in [5.74, 6) is 0.738. The first-order chi connectivity index (χ1) is 14.4. The highest BCUT2D eigenvalue weighted by atomic mass is 35.5. The smallest absolute Gasteiger partial charge is 0.408 e. The Bertz CT molecular complexity index is 917. The number of ether oxygens (including phenoxy) is 2. The van der Waals surface area contributed by atoms with Gasteiger partial charge in [0, 0.05) is 14.9 Å². The first kappa shape index (κ1) is 25.7. The lowest BCUT2D eigenvalue weighted by Crippen LogP contribution is -2.50. The molecular formula is C23H29Cl2NO4S. The molecule has 2 aromatic carbocycles. The number of methoxy groups -OCH3 is 1. The summed E-state index contributed by atoms with van der Waals surface area (Å²) in [5, 5.41) is 13.8. The summed E-state index contributed by atoms with van der Waals surface area (Å²) in [6.45, 7) is 6.94. The molecule has 0 heterocycles. The van der Waals surface area contributed by atoms with Crippen LogP contribution in [0.5, 0.6) is 5.75 Å². The number of rotatable bonds is 8. The number of aryl methyl sites for hydroxylation is 1. The second kappa shape index (κ2) is 10.8. The van der Waals surface area contributed by atoms with Crippen LogP contribution in [0.15, 0.2) is 46.2 Å². The maximum Gasteiger partial charge on any atom is 0.408 e. The van der Waals surface area contributed by atoms with Crippen LogP contribution >= 0.6 is 35.0 Å². The maximum atomic E-state index is 12.1. The molecule has 1 atom stereocenters. The molecule has 0 aliphatic rings. The molecule has 0 aliphatic carbocycles. The monoisotopic (exact) mass is 485 g/mol. The zero-order valence-corrected chi connectivity index (χ0v) is 20.7. The number of hydrogen-bond acceptors (Lipinski definition) is 5. The third kappa shape index (κ3) is 8.11. The van der Waals surface area contributed by atoms with Crippen LogP contribution in [0.4, 0.5) is 4.79 Å². The molecule has 0 fully saturated rings. The van der Waals surface area contributed by atoms with E-state index in [9.17, 15) is 9.90 Å². The summed E-state index contributed by atoms with van der Waals surface area (Å²) in [7, 11) is 1.62. The topological polar surface area (TPSA) is 67.8 Å². The zero-order valence-electron chi connectivity index (χ0n) is 18.4. The number of alkyl carbamates (subject to hydrolysis) is 1. The van der Waals surface area contributed by atoms with E-state index in [2.05, 4.69) is 5.32 Å². The zero-order chi connectivity index (χ0) is 23.2. The van der Waals surface area contributed by atoms with Crippen LogP contribution in [0.3, 0.4) is 0 Å². The minimum atomic E-state index is -0.826. The van der Waals surface area contributed by atoms with E-state index in [0.29, 0.717) is 22.9 Å². The molecule has 2 N–H and O–H groups in total. The molecule has 2 aromatic rings. The Balaban J connectivity index is 2.06. The minimum absolute atomic E-state index is 0.216. The third-order valence-corrected chi connectivity index (χ3v) is 6.09. The number of amides is 1. The molecule has 0 saturated heterocycles. The fourth-order valence-electron chi connectivity index (χ4n) is 2.79. The van der Waals surface area contributed by atoms with E-state index in [1.807, 2.05) is 30.3 Å². The average Bonchev–Trinajstić information content (AvgIpc) is 2.66. The Morgan fingerprint density at radius 3 is 2.42 bits per heavy atom. The van der Waals surface area contributed by atoms with Crippen molar-refractivity contribution in [1.82, 2.24) is 5.32 Å². The lowest BCUT2D eigenvalue weighted by Gasteiger charge is -2.30. The molecule has 31 heavy (non-hydrogen) atoms. The molecule has 0 spiro atoms. The van der Waals surface area contributed by atoms with Gasteiger partial charge in [-0.3, -0.25) is 0 Å². The minimum Gasteiger partial charge on any atom is -0.496 e. The van der Waals surface area contributed by atoms with Crippen molar-refractivity contribution >= 4 is 41.1 Å². The Kier molecular flexibility index (Phi) is 8.95. The summed E-state index contributed by atoms with van der Waals surface area (Å²) >= 11 is 14.1. The number of nitrogens with one attached hydrogen (secondary N) is 1. The standard InChI is InChI=1S/C23H29Cl2NO4S/c1-22(2,3)30-21(28)26-23(4,14-27)11-10-15-6-8-17(13-18(15)25)31-20-12-16(24)7-9-19(20)29-5/h6-9,12-13,27H,10-11,14H2,1-5H3,(H,26,28). The van der Waals surface area contributed by atoms with Gasteiger partial charge in [0.15, 0.2) is 0 Å². The van der Waals surface area contributed by atoms with Gasteiger partial charge in [-0.15, -0.1) is 0 Å². The number of aliphatic hydroxyl groups excluding tert-OH is 1. The molecule has 2 rings (SSSR count). The van der Waals surface area contributed by atoms with E-state index in [0.717, 1.165) is 21.1 Å². The van der Waals surface area contributed by atoms with Gasteiger partial charge < -0.3 is 19.9 Å². The second-order valence-electron chi connectivity index (χ2n) is 8.50.